The molecule has 1 aromatic carbocycles. The lowest BCUT2D eigenvalue weighted by Crippen LogP contribution is -2.12. The topological polar surface area (TPSA) is 46.2 Å². The van der Waals surface area contributed by atoms with Crippen molar-refractivity contribution in [3.63, 3.8) is 0 Å². The Bertz CT molecular complexity index is 468. The summed E-state index contributed by atoms with van der Waals surface area (Å²) in [5, 5.41) is 2.54. The number of rotatable bonds is 0. The summed E-state index contributed by atoms with van der Waals surface area (Å²) in [6.45, 7) is 1.84. The molecule has 1 aromatic rings. The molecule has 1 aliphatic rings. The summed E-state index contributed by atoms with van der Waals surface area (Å²) in [5.74, 6) is -1.04. The highest BCUT2D eigenvalue weighted by molar-refractivity contribution is 9.13. The van der Waals surface area contributed by atoms with Gasteiger partial charge in [-0.3, -0.25) is 9.59 Å². The first kappa shape index (κ1) is 9.86. The van der Waals surface area contributed by atoms with Crippen molar-refractivity contribution in [1.29, 1.82) is 0 Å². The Morgan fingerprint density at radius 3 is 2.57 bits per heavy atom. The Balaban J connectivity index is 2.76. The van der Waals surface area contributed by atoms with Crippen molar-refractivity contribution in [3.8, 4) is 0 Å². The van der Waals surface area contributed by atoms with E-state index in [1.54, 1.807) is 6.07 Å². The number of fused-ring (bicyclic) bond motifs is 1. The first-order chi connectivity index (χ1) is 6.52. The van der Waals surface area contributed by atoms with Crippen LogP contribution in [0.2, 0.25) is 0 Å². The van der Waals surface area contributed by atoms with Crippen LogP contribution in [-0.4, -0.2) is 11.7 Å². The number of hydrogen-bond acceptors (Lipinski definition) is 2. The zero-order valence-corrected chi connectivity index (χ0v) is 10.3. The first-order valence-corrected chi connectivity index (χ1v) is 5.45. The summed E-state index contributed by atoms with van der Waals surface area (Å²) in [6, 6.07) is 1.65. The van der Waals surface area contributed by atoms with E-state index in [0.29, 0.717) is 11.3 Å². The van der Waals surface area contributed by atoms with Crippen LogP contribution in [0.5, 0.6) is 0 Å². The van der Waals surface area contributed by atoms with Gasteiger partial charge in [-0.2, -0.15) is 0 Å². The molecule has 0 radical (unpaired) electrons. The van der Waals surface area contributed by atoms with Crippen LogP contribution < -0.4 is 5.32 Å². The van der Waals surface area contributed by atoms with Gasteiger partial charge < -0.3 is 5.32 Å². The number of ketones is 1. The van der Waals surface area contributed by atoms with Gasteiger partial charge in [0.15, 0.2) is 0 Å². The zero-order valence-electron chi connectivity index (χ0n) is 7.15. The number of carbonyl (C=O) groups is 2. The third-order valence-electron chi connectivity index (χ3n) is 2.14. The Labute approximate surface area is 97.1 Å². The average molecular weight is 319 g/mol. The zero-order chi connectivity index (χ0) is 10.5. The lowest BCUT2D eigenvalue weighted by molar-refractivity contribution is -0.112. The van der Waals surface area contributed by atoms with Gasteiger partial charge in [0.1, 0.15) is 0 Å². The van der Waals surface area contributed by atoms with Crippen molar-refractivity contribution in [2.75, 3.05) is 5.32 Å². The monoisotopic (exact) mass is 317 g/mol. The molecule has 0 aromatic heterocycles. The minimum absolute atomic E-state index is 0.433. The van der Waals surface area contributed by atoms with Crippen LogP contribution in [0.1, 0.15) is 15.9 Å². The minimum atomic E-state index is -0.562. The van der Waals surface area contributed by atoms with E-state index in [2.05, 4.69) is 37.2 Å². The predicted molar refractivity (Wildman–Crippen MR) is 59.5 cm³/mol. The van der Waals surface area contributed by atoms with Crippen molar-refractivity contribution in [3.05, 3.63) is 26.1 Å². The number of nitrogens with one attached hydrogen (secondary N) is 1. The predicted octanol–water partition coefficient (Wildman–Crippen LogP) is 2.65. The molecule has 0 spiro atoms. The lowest BCUT2D eigenvalue weighted by Gasteiger charge is -2.06. The van der Waals surface area contributed by atoms with Gasteiger partial charge in [-0.1, -0.05) is 0 Å². The molecule has 0 saturated heterocycles. The highest BCUT2D eigenvalue weighted by atomic mass is 79.9. The molecule has 2 rings (SSSR count). The van der Waals surface area contributed by atoms with E-state index in [-0.39, 0.29) is 0 Å². The summed E-state index contributed by atoms with van der Waals surface area (Å²) < 4.78 is 1.63. The second-order valence-corrected chi connectivity index (χ2v) is 4.65. The molecule has 3 nitrogen and oxygen atoms in total. The van der Waals surface area contributed by atoms with Crippen LogP contribution in [0.25, 0.3) is 0 Å². The molecule has 14 heavy (non-hydrogen) atoms. The summed E-state index contributed by atoms with van der Waals surface area (Å²) in [6.07, 6.45) is 0. The third kappa shape index (κ3) is 1.23. The maximum atomic E-state index is 11.4. The van der Waals surface area contributed by atoms with Crippen molar-refractivity contribution in [2.45, 2.75) is 6.92 Å². The van der Waals surface area contributed by atoms with E-state index in [4.69, 9.17) is 0 Å². The number of anilines is 1. The molecular weight excluding hydrogens is 314 g/mol. The Morgan fingerprint density at radius 2 is 1.93 bits per heavy atom. The molecule has 1 heterocycles. The normalized spacial score (nSPS) is 14.2. The van der Waals surface area contributed by atoms with E-state index in [9.17, 15) is 9.59 Å². The number of hydrogen-bond donors (Lipinski definition) is 1. The molecule has 1 amide bonds. The molecule has 0 bridgehead atoms. The van der Waals surface area contributed by atoms with E-state index < -0.39 is 11.7 Å². The molecule has 0 aliphatic carbocycles. The van der Waals surface area contributed by atoms with Crippen LogP contribution in [-0.2, 0) is 4.79 Å². The number of halogens is 2. The fraction of sp³-hybridized carbons (Fsp3) is 0.111. The number of benzene rings is 1. The van der Waals surface area contributed by atoms with Gasteiger partial charge >= 0.3 is 0 Å². The van der Waals surface area contributed by atoms with Crippen molar-refractivity contribution < 1.29 is 9.59 Å². The number of amides is 1. The smallest absolute Gasteiger partial charge is 0.296 e. The van der Waals surface area contributed by atoms with E-state index >= 15 is 0 Å². The van der Waals surface area contributed by atoms with Crippen LogP contribution in [0.4, 0.5) is 5.69 Å². The summed E-state index contributed by atoms with van der Waals surface area (Å²) >= 11 is 6.67. The Kier molecular flexibility index (Phi) is 2.23. The summed E-state index contributed by atoms with van der Waals surface area (Å²) in [5.41, 5.74) is 1.89. The summed E-state index contributed by atoms with van der Waals surface area (Å²) in [7, 11) is 0. The van der Waals surface area contributed by atoms with Crippen LogP contribution in [0.15, 0.2) is 15.0 Å². The summed E-state index contributed by atoms with van der Waals surface area (Å²) in [4.78, 5) is 22.5. The molecule has 0 saturated carbocycles. The number of carbonyl (C=O) groups excluding carboxylic acids is 2. The second kappa shape index (κ2) is 3.17. The van der Waals surface area contributed by atoms with Gasteiger partial charge in [0, 0.05) is 8.95 Å². The third-order valence-corrected chi connectivity index (χ3v) is 4.32. The molecule has 0 atom stereocenters. The highest BCUT2D eigenvalue weighted by Gasteiger charge is 2.30. The van der Waals surface area contributed by atoms with Crippen LogP contribution in [0, 0.1) is 6.92 Å². The van der Waals surface area contributed by atoms with E-state index in [1.807, 2.05) is 6.92 Å². The quantitative estimate of drug-likeness (QED) is 0.747. The molecule has 1 aliphatic heterocycles. The number of Topliss-reactive ketones (excluding diaryl/α,β-unsaturated/α-hetero) is 1. The van der Waals surface area contributed by atoms with Crippen LogP contribution >= 0.6 is 31.9 Å². The molecule has 72 valence electrons. The molecule has 0 unspecified atom stereocenters. The van der Waals surface area contributed by atoms with Gasteiger partial charge in [-0.25, -0.2) is 0 Å². The standard InChI is InChI=1S/C9H5Br2NO2/c1-3-6(11)5(10)2-4-7(3)12-9(14)8(4)13/h2H,1H3,(H,12,13,14). The van der Waals surface area contributed by atoms with E-state index in [0.717, 1.165) is 14.5 Å². The van der Waals surface area contributed by atoms with Gasteiger partial charge in [0.25, 0.3) is 11.7 Å². The minimum Gasteiger partial charge on any atom is -0.318 e. The van der Waals surface area contributed by atoms with Crippen molar-refractivity contribution >= 4 is 49.2 Å². The van der Waals surface area contributed by atoms with Crippen molar-refractivity contribution in [1.82, 2.24) is 0 Å². The maximum Gasteiger partial charge on any atom is 0.296 e. The first-order valence-electron chi connectivity index (χ1n) is 3.86. The average Bonchev–Trinajstić information content (AvgIpc) is 2.42. The molecule has 1 N–H and O–H groups in total. The molecule has 5 heteroatoms. The van der Waals surface area contributed by atoms with Gasteiger partial charge in [0.05, 0.1) is 11.3 Å². The fourth-order valence-corrected chi connectivity index (χ4v) is 2.22. The lowest BCUT2D eigenvalue weighted by atomic mass is 10.1. The molecule has 0 fully saturated rings. The van der Waals surface area contributed by atoms with Crippen molar-refractivity contribution in [2.24, 2.45) is 0 Å². The van der Waals surface area contributed by atoms with Crippen LogP contribution in [0.3, 0.4) is 0 Å². The SMILES string of the molecule is Cc1c(Br)c(Br)cc2c1NC(=O)C2=O. The van der Waals surface area contributed by atoms with Gasteiger partial charge in [0.2, 0.25) is 0 Å². The molecular formula is C9H5Br2NO2. The largest absolute Gasteiger partial charge is 0.318 e. The Hall–Kier alpha value is -0.680. The van der Waals surface area contributed by atoms with E-state index in [1.165, 1.54) is 0 Å². The Morgan fingerprint density at radius 1 is 1.29 bits per heavy atom. The highest BCUT2D eigenvalue weighted by Crippen LogP contribution is 2.37. The van der Waals surface area contributed by atoms with Gasteiger partial charge in [-0.15, -0.1) is 0 Å². The maximum absolute atomic E-state index is 11.4. The fourth-order valence-electron chi connectivity index (χ4n) is 1.39. The second-order valence-electron chi connectivity index (χ2n) is 3.00. The van der Waals surface area contributed by atoms with Gasteiger partial charge in [-0.05, 0) is 50.4 Å².